The molecule has 1 aliphatic rings. The lowest BCUT2D eigenvalue weighted by Gasteiger charge is -2.15. The van der Waals surface area contributed by atoms with Crippen LogP contribution in [0.5, 0.6) is 0 Å². The highest BCUT2D eigenvalue weighted by Gasteiger charge is 2.29. The van der Waals surface area contributed by atoms with Crippen molar-refractivity contribution < 1.29 is 14.7 Å². The summed E-state index contributed by atoms with van der Waals surface area (Å²) in [6.07, 6.45) is 6.16. The normalized spacial score (nSPS) is 22.4. The fourth-order valence-corrected chi connectivity index (χ4v) is 2.57. The second-order valence-electron chi connectivity index (χ2n) is 5.11. The predicted molar refractivity (Wildman–Crippen MR) is 68.7 cm³/mol. The van der Waals surface area contributed by atoms with Crippen molar-refractivity contribution in [3.05, 3.63) is 18.2 Å². The van der Waals surface area contributed by atoms with E-state index >= 15 is 0 Å². The number of hydrogen-bond donors (Lipinski definition) is 2. The van der Waals surface area contributed by atoms with E-state index in [1.807, 2.05) is 0 Å². The van der Waals surface area contributed by atoms with Gasteiger partial charge in [0.2, 0.25) is 5.91 Å². The molecule has 2 N–H and O–H groups in total. The summed E-state index contributed by atoms with van der Waals surface area (Å²) in [5, 5.41) is 11.6. The van der Waals surface area contributed by atoms with Crippen LogP contribution in [0.1, 0.15) is 36.7 Å². The maximum atomic E-state index is 11.9. The third-order valence-electron chi connectivity index (χ3n) is 3.72. The molecule has 2 unspecified atom stereocenters. The number of carbonyl (C=O) groups is 2. The lowest BCUT2D eigenvalue weighted by molar-refractivity contribution is -0.125. The Morgan fingerprint density at radius 3 is 2.89 bits per heavy atom. The standard InChI is InChI=1S/C13H19N3O3/c1-9-3-2-4-10(9)12(17)14-5-6-16-7-11(13(18)19)15-8-16/h7-10H,2-6H2,1H3,(H,14,17)(H,18,19). The molecule has 1 amide bonds. The molecule has 0 bridgehead atoms. The molecule has 1 saturated carbocycles. The summed E-state index contributed by atoms with van der Waals surface area (Å²) in [5.41, 5.74) is 0.0238. The summed E-state index contributed by atoms with van der Waals surface area (Å²) < 4.78 is 1.67. The Kier molecular flexibility index (Phi) is 4.19. The largest absolute Gasteiger partial charge is 0.476 e. The van der Waals surface area contributed by atoms with Gasteiger partial charge in [0.15, 0.2) is 5.69 Å². The Bertz CT molecular complexity index is 469. The van der Waals surface area contributed by atoms with E-state index in [0.717, 1.165) is 19.3 Å². The van der Waals surface area contributed by atoms with E-state index in [1.54, 1.807) is 4.57 Å². The summed E-state index contributed by atoms with van der Waals surface area (Å²) >= 11 is 0. The third kappa shape index (κ3) is 3.33. The van der Waals surface area contributed by atoms with Crippen LogP contribution in [0.3, 0.4) is 0 Å². The lowest BCUT2D eigenvalue weighted by Crippen LogP contribution is -2.34. The molecule has 1 heterocycles. The number of amides is 1. The molecule has 19 heavy (non-hydrogen) atoms. The number of aromatic nitrogens is 2. The lowest BCUT2D eigenvalue weighted by atomic mass is 9.97. The molecule has 0 radical (unpaired) electrons. The molecule has 2 rings (SSSR count). The number of hydrogen-bond acceptors (Lipinski definition) is 3. The molecule has 1 fully saturated rings. The van der Waals surface area contributed by atoms with Gasteiger partial charge in [0.1, 0.15) is 0 Å². The van der Waals surface area contributed by atoms with E-state index in [-0.39, 0.29) is 17.5 Å². The fraction of sp³-hybridized carbons (Fsp3) is 0.615. The first-order valence-corrected chi connectivity index (χ1v) is 6.60. The quantitative estimate of drug-likeness (QED) is 0.836. The van der Waals surface area contributed by atoms with Gasteiger partial charge in [-0.05, 0) is 18.8 Å². The number of nitrogens with zero attached hydrogens (tertiary/aromatic N) is 2. The van der Waals surface area contributed by atoms with Crippen molar-refractivity contribution in [3.63, 3.8) is 0 Å². The Balaban J connectivity index is 1.76. The third-order valence-corrected chi connectivity index (χ3v) is 3.72. The van der Waals surface area contributed by atoms with Crippen molar-refractivity contribution in [2.45, 2.75) is 32.7 Å². The first-order valence-electron chi connectivity index (χ1n) is 6.60. The zero-order chi connectivity index (χ0) is 13.8. The van der Waals surface area contributed by atoms with Gasteiger partial charge in [-0.25, -0.2) is 9.78 Å². The summed E-state index contributed by atoms with van der Waals surface area (Å²) in [5.74, 6) is -0.324. The maximum Gasteiger partial charge on any atom is 0.356 e. The van der Waals surface area contributed by atoms with Gasteiger partial charge in [-0.3, -0.25) is 4.79 Å². The first-order chi connectivity index (χ1) is 9.08. The molecular weight excluding hydrogens is 246 g/mol. The highest BCUT2D eigenvalue weighted by atomic mass is 16.4. The summed E-state index contributed by atoms with van der Waals surface area (Å²) in [6, 6.07) is 0. The number of rotatable bonds is 5. The van der Waals surface area contributed by atoms with Gasteiger partial charge < -0.3 is 15.0 Å². The number of imidazole rings is 1. The number of nitrogens with one attached hydrogen (secondary N) is 1. The molecule has 6 heteroatoms. The van der Waals surface area contributed by atoms with E-state index < -0.39 is 5.97 Å². The Labute approximate surface area is 111 Å². The van der Waals surface area contributed by atoms with Crippen LogP contribution in [0.4, 0.5) is 0 Å². The second kappa shape index (κ2) is 5.86. The van der Waals surface area contributed by atoms with Gasteiger partial charge in [-0.2, -0.15) is 0 Å². The van der Waals surface area contributed by atoms with Crippen molar-refractivity contribution in [1.29, 1.82) is 0 Å². The van der Waals surface area contributed by atoms with Crippen LogP contribution in [-0.2, 0) is 11.3 Å². The zero-order valence-corrected chi connectivity index (χ0v) is 11.0. The number of carboxylic acid groups (broad SMARTS) is 1. The molecule has 0 spiro atoms. The first kappa shape index (κ1) is 13.6. The molecule has 0 aliphatic heterocycles. The topological polar surface area (TPSA) is 84.2 Å². The van der Waals surface area contributed by atoms with Crippen LogP contribution in [0, 0.1) is 11.8 Å². The molecule has 2 atom stereocenters. The molecule has 1 aromatic heterocycles. The van der Waals surface area contributed by atoms with Crippen LogP contribution >= 0.6 is 0 Å². The van der Waals surface area contributed by atoms with Crippen molar-refractivity contribution in [2.24, 2.45) is 11.8 Å². The Morgan fingerprint density at radius 2 is 2.32 bits per heavy atom. The van der Waals surface area contributed by atoms with Gasteiger partial charge in [0.25, 0.3) is 0 Å². The Morgan fingerprint density at radius 1 is 1.53 bits per heavy atom. The smallest absolute Gasteiger partial charge is 0.356 e. The summed E-state index contributed by atoms with van der Waals surface area (Å²) in [6.45, 7) is 3.15. The van der Waals surface area contributed by atoms with E-state index in [4.69, 9.17) is 5.11 Å². The minimum Gasteiger partial charge on any atom is -0.476 e. The molecule has 0 saturated heterocycles. The maximum absolute atomic E-state index is 11.9. The van der Waals surface area contributed by atoms with Gasteiger partial charge in [-0.15, -0.1) is 0 Å². The van der Waals surface area contributed by atoms with E-state index in [9.17, 15) is 9.59 Å². The Hall–Kier alpha value is -1.85. The number of carboxylic acids is 1. The van der Waals surface area contributed by atoms with Crippen LogP contribution in [0.15, 0.2) is 12.5 Å². The minimum atomic E-state index is -1.04. The van der Waals surface area contributed by atoms with E-state index in [0.29, 0.717) is 19.0 Å². The summed E-state index contributed by atoms with van der Waals surface area (Å²) in [7, 11) is 0. The van der Waals surface area contributed by atoms with Crippen molar-refractivity contribution >= 4 is 11.9 Å². The second-order valence-corrected chi connectivity index (χ2v) is 5.11. The van der Waals surface area contributed by atoms with E-state index in [1.165, 1.54) is 12.5 Å². The minimum absolute atomic E-state index is 0.0238. The van der Waals surface area contributed by atoms with Gasteiger partial charge in [0, 0.05) is 25.2 Å². The molecule has 1 aromatic rings. The van der Waals surface area contributed by atoms with Gasteiger partial charge >= 0.3 is 5.97 Å². The van der Waals surface area contributed by atoms with Crippen LogP contribution < -0.4 is 5.32 Å². The zero-order valence-electron chi connectivity index (χ0n) is 11.0. The van der Waals surface area contributed by atoms with Crippen molar-refractivity contribution in [2.75, 3.05) is 6.54 Å². The van der Waals surface area contributed by atoms with E-state index in [2.05, 4.69) is 17.2 Å². The average Bonchev–Trinajstić information content (AvgIpc) is 2.97. The molecule has 1 aliphatic carbocycles. The number of carbonyl (C=O) groups excluding carboxylic acids is 1. The highest BCUT2D eigenvalue weighted by molar-refractivity contribution is 5.84. The average molecular weight is 265 g/mol. The molecule has 104 valence electrons. The van der Waals surface area contributed by atoms with Crippen LogP contribution in [0.2, 0.25) is 0 Å². The highest BCUT2D eigenvalue weighted by Crippen LogP contribution is 2.30. The van der Waals surface area contributed by atoms with Gasteiger partial charge in [-0.1, -0.05) is 13.3 Å². The monoisotopic (exact) mass is 265 g/mol. The SMILES string of the molecule is CC1CCCC1C(=O)NCCn1cnc(C(=O)O)c1. The fourth-order valence-electron chi connectivity index (χ4n) is 2.57. The number of aromatic carboxylic acids is 1. The molecule has 0 aromatic carbocycles. The van der Waals surface area contributed by atoms with Crippen LogP contribution in [-0.4, -0.2) is 33.1 Å². The predicted octanol–water partition coefficient (Wildman–Crippen LogP) is 1.13. The summed E-state index contributed by atoms with van der Waals surface area (Å²) in [4.78, 5) is 26.3. The van der Waals surface area contributed by atoms with Crippen molar-refractivity contribution in [3.8, 4) is 0 Å². The van der Waals surface area contributed by atoms with Crippen molar-refractivity contribution in [1.82, 2.24) is 14.9 Å². The molecular formula is C13H19N3O3. The molecule has 6 nitrogen and oxygen atoms in total. The van der Waals surface area contributed by atoms with Gasteiger partial charge in [0.05, 0.1) is 6.33 Å². The van der Waals surface area contributed by atoms with Crippen LogP contribution in [0.25, 0.3) is 0 Å².